The van der Waals surface area contributed by atoms with Crippen LogP contribution in [-0.2, 0) is 0 Å². The van der Waals surface area contributed by atoms with Crippen molar-refractivity contribution in [3.05, 3.63) is 41.8 Å². The number of ether oxygens (including phenoxy) is 4. The van der Waals surface area contributed by atoms with Gasteiger partial charge in [-0.05, 0) is 36.4 Å². The van der Waals surface area contributed by atoms with Gasteiger partial charge >= 0.3 is 0 Å². The van der Waals surface area contributed by atoms with Crippen LogP contribution in [0.5, 0.6) is 23.0 Å². The average molecular weight is 369 g/mol. The Morgan fingerprint density at radius 2 is 1.65 bits per heavy atom. The van der Waals surface area contributed by atoms with Crippen LogP contribution in [-0.4, -0.2) is 32.4 Å². The Morgan fingerprint density at radius 1 is 0.885 bits per heavy atom. The zero-order valence-corrected chi connectivity index (χ0v) is 15.5. The lowest BCUT2D eigenvalue weighted by Gasteiger charge is -2.08. The lowest BCUT2D eigenvalue weighted by atomic mass is 10.1. The summed E-state index contributed by atoms with van der Waals surface area (Å²) in [6.07, 6.45) is 0.893. The average Bonchev–Trinajstić information content (AvgIpc) is 3.06. The smallest absolute Gasteiger partial charge is 0.161 e. The molecule has 6 heteroatoms. The number of hydrogen-bond donors (Lipinski definition) is 0. The van der Waals surface area contributed by atoms with Gasteiger partial charge in [-0.1, -0.05) is 0 Å². The zero-order valence-electron chi connectivity index (χ0n) is 14.7. The molecule has 0 unspecified atom stereocenters. The molecule has 4 rings (SSSR count). The van der Waals surface area contributed by atoms with Crippen LogP contribution in [0.2, 0.25) is 0 Å². The van der Waals surface area contributed by atoms with Crippen LogP contribution in [0.4, 0.5) is 0 Å². The summed E-state index contributed by atoms with van der Waals surface area (Å²) < 4.78 is 22.2. The van der Waals surface area contributed by atoms with Gasteiger partial charge < -0.3 is 18.9 Å². The van der Waals surface area contributed by atoms with E-state index in [0.717, 1.165) is 39.7 Å². The van der Waals surface area contributed by atoms with Crippen LogP contribution in [0.25, 0.3) is 21.8 Å². The molecule has 0 saturated heterocycles. The van der Waals surface area contributed by atoms with E-state index in [-0.39, 0.29) is 0 Å². The number of benzene rings is 2. The van der Waals surface area contributed by atoms with E-state index in [9.17, 15) is 0 Å². The van der Waals surface area contributed by atoms with Crippen molar-refractivity contribution in [2.24, 2.45) is 0 Å². The topological polar surface area (TPSA) is 49.8 Å². The first-order chi connectivity index (χ1) is 12.8. The van der Waals surface area contributed by atoms with Crippen molar-refractivity contribution in [3.63, 3.8) is 0 Å². The van der Waals surface area contributed by atoms with Crippen molar-refractivity contribution in [1.82, 2.24) is 4.98 Å². The van der Waals surface area contributed by atoms with E-state index in [4.69, 9.17) is 23.9 Å². The van der Waals surface area contributed by atoms with Crippen LogP contribution < -0.4 is 18.9 Å². The third kappa shape index (κ3) is 3.20. The van der Waals surface area contributed by atoms with E-state index in [1.165, 1.54) is 0 Å². The van der Waals surface area contributed by atoms with Gasteiger partial charge in [0, 0.05) is 22.9 Å². The number of aromatic nitrogens is 1. The van der Waals surface area contributed by atoms with Crippen molar-refractivity contribution in [3.8, 4) is 44.8 Å². The summed E-state index contributed by atoms with van der Waals surface area (Å²) in [4.78, 5) is 4.78. The zero-order chi connectivity index (χ0) is 17.9. The lowest BCUT2D eigenvalue weighted by molar-refractivity contribution is 0.297. The first-order valence-electron chi connectivity index (χ1n) is 8.36. The molecule has 1 aromatic heterocycles. The van der Waals surface area contributed by atoms with Crippen molar-refractivity contribution in [2.75, 3.05) is 27.4 Å². The SMILES string of the molecule is COc1ccc(-c2nc(-c3ccc4c(c3)OCCCO4)cs2)cc1OC. The standard InChI is InChI=1S/C20H19NO4S/c1-22-16-6-5-14(11-18(16)23-2)20-21-15(12-26-20)13-4-7-17-19(10-13)25-9-3-8-24-17/h4-7,10-12H,3,8-9H2,1-2H3. The lowest BCUT2D eigenvalue weighted by Crippen LogP contribution is -1.97. The van der Waals surface area contributed by atoms with Crippen LogP contribution in [0, 0.1) is 0 Å². The quantitative estimate of drug-likeness (QED) is 0.670. The van der Waals surface area contributed by atoms with E-state index in [1.807, 2.05) is 41.8 Å². The fourth-order valence-corrected chi connectivity index (χ4v) is 3.66. The van der Waals surface area contributed by atoms with E-state index >= 15 is 0 Å². The van der Waals surface area contributed by atoms with Crippen LogP contribution in [0.1, 0.15) is 6.42 Å². The molecular weight excluding hydrogens is 350 g/mol. The molecule has 0 radical (unpaired) electrons. The first-order valence-corrected chi connectivity index (χ1v) is 9.24. The third-order valence-corrected chi connectivity index (χ3v) is 5.07. The maximum atomic E-state index is 5.78. The van der Waals surface area contributed by atoms with Crippen molar-refractivity contribution >= 4 is 11.3 Å². The molecule has 0 fully saturated rings. The highest BCUT2D eigenvalue weighted by molar-refractivity contribution is 7.13. The molecule has 0 atom stereocenters. The summed E-state index contributed by atoms with van der Waals surface area (Å²) >= 11 is 1.59. The van der Waals surface area contributed by atoms with Gasteiger partial charge in [-0.15, -0.1) is 11.3 Å². The Morgan fingerprint density at radius 3 is 2.46 bits per heavy atom. The Kier molecular flexibility index (Phi) is 4.67. The molecule has 0 bridgehead atoms. The maximum Gasteiger partial charge on any atom is 0.161 e. The van der Waals surface area contributed by atoms with Gasteiger partial charge in [0.25, 0.3) is 0 Å². The number of fused-ring (bicyclic) bond motifs is 1. The van der Waals surface area contributed by atoms with Gasteiger partial charge in [0.1, 0.15) is 5.01 Å². The number of thiazole rings is 1. The maximum absolute atomic E-state index is 5.78. The highest BCUT2D eigenvalue weighted by Crippen LogP contribution is 2.37. The molecule has 26 heavy (non-hydrogen) atoms. The fourth-order valence-electron chi connectivity index (χ4n) is 2.83. The Labute approximate surface area is 156 Å². The third-order valence-electron chi connectivity index (χ3n) is 4.18. The number of rotatable bonds is 4. The van der Waals surface area contributed by atoms with Gasteiger partial charge in [-0.25, -0.2) is 4.98 Å². The molecular formula is C20H19NO4S. The van der Waals surface area contributed by atoms with Gasteiger partial charge in [0.05, 0.1) is 33.1 Å². The number of methoxy groups -OCH3 is 2. The second-order valence-electron chi connectivity index (χ2n) is 5.82. The van der Waals surface area contributed by atoms with E-state index < -0.39 is 0 Å². The molecule has 2 aromatic carbocycles. The molecule has 0 amide bonds. The highest BCUT2D eigenvalue weighted by atomic mass is 32.1. The van der Waals surface area contributed by atoms with Gasteiger partial charge in [-0.2, -0.15) is 0 Å². The highest BCUT2D eigenvalue weighted by Gasteiger charge is 2.14. The monoisotopic (exact) mass is 369 g/mol. The summed E-state index contributed by atoms with van der Waals surface area (Å²) in [5.74, 6) is 2.97. The van der Waals surface area contributed by atoms with E-state index in [0.29, 0.717) is 24.7 Å². The molecule has 134 valence electrons. The summed E-state index contributed by atoms with van der Waals surface area (Å²) in [6.45, 7) is 1.36. The van der Waals surface area contributed by atoms with Crippen molar-refractivity contribution in [2.45, 2.75) is 6.42 Å². The Bertz CT molecular complexity index is 922. The second kappa shape index (κ2) is 7.25. The Balaban J connectivity index is 1.65. The predicted molar refractivity (Wildman–Crippen MR) is 102 cm³/mol. The molecule has 0 saturated carbocycles. The Hall–Kier alpha value is -2.73. The first kappa shape index (κ1) is 16.7. The minimum absolute atomic E-state index is 0.671. The van der Waals surface area contributed by atoms with Crippen molar-refractivity contribution < 1.29 is 18.9 Å². The molecule has 5 nitrogen and oxygen atoms in total. The van der Waals surface area contributed by atoms with Gasteiger partial charge in [-0.3, -0.25) is 0 Å². The fraction of sp³-hybridized carbons (Fsp3) is 0.250. The summed E-state index contributed by atoms with van der Waals surface area (Å²) in [7, 11) is 3.26. The molecule has 0 spiro atoms. The normalized spacial score (nSPS) is 13.2. The number of hydrogen-bond acceptors (Lipinski definition) is 6. The van der Waals surface area contributed by atoms with Gasteiger partial charge in [0.15, 0.2) is 23.0 Å². The molecule has 3 aromatic rings. The van der Waals surface area contributed by atoms with Gasteiger partial charge in [0.2, 0.25) is 0 Å². The molecule has 1 aliphatic heterocycles. The predicted octanol–water partition coefficient (Wildman–Crippen LogP) is 4.66. The largest absolute Gasteiger partial charge is 0.493 e. The van der Waals surface area contributed by atoms with Crippen LogP contribution >= 0.6 is 11.3 Å². The van der Waals surface area contributed by atoms with E-state index in [1.54, 1.807) is 25.6 Å². The van der Waals surface area contributed by atoms with Crippen molar-refractivity contribution in [1.29, 1.82) is 0 Å². The minimum atomic E-state index is 0.671. The summed E-state index contributed by atoms with van der Waals surface area (Å²) in [5.41, 5.74) is 2.92. The second-order valence-corrected chi connectivity index (χ2v) is 6.68. The molecule has 0 N–H and O–H groups in total. The summed E-state index contributed by atoms with van der Waals surface area (Å²) in [5, 5.41) is 2.97. The summed E-state index contributed by atoms with van der Waals surface area (Å²) in [6, 6.07) is 11.8. The minimum Gasteiger partial charge on any atom is -0.493 e. The van der Waals surface area contributed by atoms with Crippen LogP contribution in [0.3, 0.4) is 0 Å². The van der Waals surface area contributed by atoms with Crippen LogP contribution in [0.15, 0.2) is 41.8 Å². The molecule has 0 aliphatic carbocycles. The molecule has 2 heterocycles. The molecule has 1 aliphatic rings. The number of nitrogens with zero attached hydrogens (tertiary/aromatic N) is 1. The van der Waals surface area contributed by atoms with E-state index in [2.05, 4.69) is 0 Å².